The molecule has 0 fully saturated rings. The second-order valence-corrected chi connectivity index (χ2v) is 6.80. The lowest BCUT2D eigenvalue weighted by atomic mass is 10.0. The zero-order valence-electron chi connectivity index (χ0n) is 15.5. The molecule has 1 atom stereocenters. The summed E-state index contributed by atoms with van der Waals surface area (Å²) in [6, 6.07) is 9.94. The van der Waals surface area contributed by atoms with Crippen LogP contribution >= 0.6 is 0 Å². The Morgan fingerprint density at radius 1 is 1.31 bits per heavy atom. The molecular weight excluding hydrogens is 330 g/mol. The van der Waals surface area contributed by atoms with Crippen LogP contribution in [0.15, 0.2) is 40.6 Å². The molecular formula is C20H27N3O3. The van der Waals surface area contributed by atoms with Crippen LogP contribution in [0.25, 0.3) is 0 Å². The Balaban J connectivity index is 1.67. The van der Waals surface area contributed by atoms with Gasteiger partial charge in [0.25, 0.3) is 0 Å². The summed E-state index contributed by atoms with van der Waals surface area (Å²) in [6.07, 6.45) is 7.55. The van der Waals surface area contributed by atoms with Crippen molar-refractivity contribution in [3.63, 3.8) is 0 Å². The van der Waals surface area contributed by atoms with Crippen LogP contribution in [0, 0.1) is 12.3 Å². The predicted molar refractivity (Wildman–Crippen MR) is 99.4 cm³/mol. The third-order valence-corrected chi connectivity index (χ3v) is 4.48. The van der Waals surface area contributed by atoms with E-state index in [-0.39, 0.29) is 5.91 Å². The minimum absolute atomic E-state index is 0.0475. The summed E-state index contributed by atoms with van der Waals surface area (Å²) in [5, 5.41) is 11.0. The van der Waals surface area contributed by atoms with E-state index in [2.05, 4.69) is 21.5 Å². The Bertz CT molecular complexity index is 648. The van der Waals surface area contributed by atoms with E-state index in [0.717, 1.165) is 5.56 Å². The SMILES string of the molecule is C#CCCC1(CCC(=O)NCC(C)(COCc2ccccc2)OC)N=N1. The Morgan fingerprint density at radius 3 is 2.65 bits per heavy atom. The Labute approximate surface area is 155 Å². The highest BCUT2D eigenvalue weighted by molar-refractivity contribution is 5.76. The number of benzene rings is 1. The molecule has 1 unspecified atom stereocenters. The topological polar surface area (TPSA) is 72.3 Å². The molecule has 2 rings (SSSR count). The number of nitrogens with one attached hydrogen (secondary N) is 1. The minimum Gasteiger partial charge on any atom is -0.374 e. The van der Waals surface area contributed by atoms with Gasteiger partial charge in [0, 0.05) is 39.3 Å². The maximum absolute atomic E-state index is 12.1. The summed E-state index contributed by atoms with van der Waals surface area (Å²) < 4.78 is 11.3. The van der Waals surface area contributed by atoms with Crippen molar-refractivity contribution in [3.05, 3.63) is 35.9 Å². The van der Waals surface area contributed by atoms with Crippen LogP contribution in [0.1, 0.15) is 38.2 Å². The fraction of sp³-hybridized carbons (Fsp3) is 0.550. The van der Waals surface area contributed by atoms with E-state index in [1.54, 1.807) is 7.11 Å². The van der Waals surface area contributed by atoms with Crippen molar-refractivity contribution in [2.75, 3.05) is 20.3 Å². The highest BCUT2D eigenvalue weighted by Gasteiger charge is 2.39. The summed E-state index contributed by atoms with van der Waals surface area (Å²) in [5.74, 6) is 2.54. The van der Waals surface area contributed by atoms with Crippen LogP contribution in [0.5, 0.6) is 0 Å². The van der Waals surface area contributed by atoms with Crippen LogP contribution < -0.4 is 5.32 Å². The molecule has 26 heavy (non-hydrogen) atoms. The number of rotatable bonds is 12. The molecule has 0 aromatic heterocycles. The van der Waals surface area contributed by atoms with Crippen molar-refractivity contribution in [2.24, 2.45) is 10.2 Å². The third-order valence-electron chi connectivity index (χ3n) is 4.48. The van der Waals surface area contributed by atoms with Gasteiger partial charge in [0.1, 0.15) is 5.60 Å². The van der Waals surface area contributed by atoms with Crippen molar-refractivity contribution in [2.45, 2.75) is 50.5 Å². The predicted octanol–water partition coefficient (Wildman–Crippen LogP) is 3.08. The van der Waals surface area contributed by atoms with Gasteiger partial charge in [-0.1, -0.05) is 30.3 Å². The van der Waals surface area contributed by atoms with E-state index < -0.39 is 11.3 Å². The summed E-state index contributed by atoms with van der Waals surface area (Å²) in [7, 11) is 1.62. The van der Waals surface area contributed by atoms with E-state index in [9.17, 15) is 4.79 Å². The van der Waals surface area contributed by atoms with E-state index in [0.29, 0.717) is 45.4 Å². The van der Waals surface area contributed by atoms with E-state index >= 15 is 0 Å². The average molecular weight is 357 g/mol. The second-order valence-electron chi connectivity index (χ2n) is 6.80. The van der Waals surface area contributed by atoms with E-state index in [1.807, 2.05) is 37.3 Å². The summed E-state index contributed by atoms with van der Waals surface area (Å²) in [5.41, 5.74) is 0.0941. The maximum atomic E-state index is 12.1. The zero-order chi connectivity index (χ0) is 18.9. The number of carbonyl (C=O) groups is 1. The van der Waals surface area contributed by atoms with Gasteiger partial charge in [-0.15, -0.1) is 12.3 Å². The number of nitrogens with zero attached hydrogens (tertiary/aromatic N) is 2. The number of methoxy groups -OCH3 is 1. The zero-order valence-corrected chi connectivity index (χ0v) is 15.5. The molecule has 1 aliphatic rings. The van der Waals surface area contributed by atoms with Gasteiger partial charge >= 0.3 is 0 Å². The van der Waals surface area contributed by atoms with Gasteiger partial charge in [0.05, 0.1) is 13.2 Å². The lowest BCUT2D eigenvalue weighted by Crippen LogP contribution is -2.45. The number of amides is 1. The quantitative estimate of drug-likeness (QED) is 0.584. The standard InChI is InChI=1S/C20H27N3O3/c1-4-5-12-20(22-23-20)13-11-18(24)21-15-19(2,25-3)16-26-14-17-9-7-6-8-10-17/h1,6-10H,5,11-16H2,2-3H3,(H,21,24). The molecule has 0 aliphatic carbocycles. The highest BCUT2D eigenvalue weighted by Crippen LogP contribution is 2.37. The molecule has 0 radical (unpaired) electrons. The van der Waals surface area contributed by atoms with Crippen molar-refractivity contribution < 1.29 is 14.3 Å². The van der Waals surface area contributed by atoms with Gasteiger partial charge in [0.15, 0.2) is 5.66 Å². The van der Waals surface area contributed by atoms with Crippen LogP contribution in [-0.4, -0.2) is 37.4 Å². The molecule has 1 aromatic rings. The summed E-state index contributed by atoms with van der Waals surface area (Å²) in [6.45, 7) is 3.19. The largest absolute Gasteiger partial charge is 0.374 e. The molecule has 6 heteroatoms. The first-order valence-electron chi connectivity index (χ1n) is 8.82. The lowest BCUT2D eigenvalue weighted by Gasteiger charge is -2.28. The maximum Gasteiger partial charge on any atom is 0.220 e. The molecule has 6 nitrogen and oxygen atoms in total. The Kier molecular flexibility index (Phi) is 7.31. The van der Waals surface area contributed by atoms with E-state index in [4.69, 9.17) is 15.9 Å². The van der Waals surface area contributed by atoms with Gasteiger partial charge < -0.3 is 14.8 Å². The fourth-order valence-corrected chi connectivity index (χ4v) is 2.50. The van der Waals surface area contributed by atoms with Crippen molar-refractivity contribution >= 4 is 5.91 Å². The van der Waals surface area contributed by atoms with Gasteiger partial charge in [-0.3, -0.25) is 4.79 Å². The van der Waals surface area contributed by atoms with Gasteiger partial charge in [-0.2, -0.15) is 10.2 Å². The molecule has 140 valence electrons. The molecule has 0 bridgehead atoms. The van der Waals surface area contributed by atoms with Crippen LogP contribution in [-0.2, 0) is 20.9 Å². The normalized spacial score (nSPS) is 16.5. The number of carbonyl (C=O) groups excluding carboxylic acids is 1. The third kappa shape index (κ3) is 6.58. The highest BCUT2D eigenvalue weighted by atomic mass is 16.5. The molecule has 1 heterocycles. The molecule has 0 spiro atoms. The molecule has 0 saturated carbocycles. The van der Waals surface area contributed by atoms with Crippen LogP contribution in [0.4, 0.5) is 0 Å². The number of hydrogen-bond acceptors (Lipinski definition) is 5. The van der Waals surface area contributed by atoms with Crippen LogP contribution in [0.3, 0.4) is 0 Å². The van der Waals surface area contributed by atoms with Crippen molar-refractivity contribution in [3.8, 4) is 12.3 Å². The van der Waals surface area contributed by atoms with Gasteiger partial charge in [0.2, 0.25) is 5.91 Å². The number of hydrogen-bond donors (Lipinski definition) is 1. The smallest absolute Gasteiger partial charge is 0.220 e. The monoisotopic (exact) mass is 357 g/mol. The number of terminal acetylenes is 1. The van der Waals surface area contributed by atoms with Gasteiger partial charge in [-0.05, 0) is 12.5 Å². The Morgan fingerprint density at radius 2 is 2.04 bits per heavy atom. The molecule has 1 aromatic carbocycles. The van der Waals surface area contributed by atoms with Crippen molar-refractivity contribution in [1.82, 2.24) is 5.32 Å². The fourth-order valence-electron chi connectivity index (χ4n) is 2.50. The van der Waals surface area contributed by atoms with Crippen LogP contribution in [0.2, 0.25) is 0 Å². The Hall–Kier alpha value is -2.23. The molecule has 1 amide bonds. The van der Waals surface area contributed by atoms with E-state index in [1.165, 1.54) is 0 Å². The second kappa shape index (κ2) is 9.46. The molecule has 1 N–H and O–H groups in total. The first-order chi connectivity index (χ1) is 12.5. The first kappa shape index (κ1) is 20.1. The van der Waals surface area contributed by atoms with Crippen molar-refractivity contribution in [1.29, 1.82) is 0 Å². The first-order valence-corrected chi connectivity index (χ1v) is 8.82. The lowest BCUT2D eigenvalue weighted by molar-refractivity contribution is -0.124. The van der Waals surface area contributed by atoms with Gasteiger partial charge in [-0.25, -0.2) is 0 Å². The molecule has 1 aliphatic heterocycles. The molecule has 0 saturated heterocycles. The average Bonchev–Trinajstić information content (AvgIpc) is 3.44. The minimum atomic E-state index is -0.583. The summed E-state index contributed by atoms with van der Waals surface area (Å²) >= 11 is 0. The summed E-state index contributed by atoms with van der Waals surface area (Å²) in [4.78, 5) is 12.1. The number of ether oxygens (including phenoxy) is 2.